The summed E-state index contributed by atoms with van der Waals surface area (Å²) in [6, 6.07) is 4.26. The number of hydrogen-bond donors (Lipinski definition) is 0. The van der Waals surface area contributed by atoms with Crippen LogP contribution in [0.1, 0.15) is 112 Å². The van der Waals surface area contributed by atoms with Crippen LogP contribution in [0.15, 0.2) is 24.3 Å². The molecule has 0 spiro atoms. The van der Waals surface area contributed by atoms with Crippen molar-refractivity contribution in [1.29, 1.82) is 0 Å². The summed E-state index contributed by atoms with van der Waals surface area (Å²) in [5.74, 6) is 0.463. The molecule has 0 aliphatic heterocycles. The molecule has 0 radical (unpaired) electrons. The molecule has 0 aromatic heterocycles. The van der Waals surface area contributed by atoms with Crippen LogP contribution in [0.25, 0.3) is 0 Å². The van der Waals surface area contributed by atoms with Crippen LogP contribution in [0.3, 0.4) is 0 Å². The Balaban J connectivity index is 2.03. The maximum absolute atomic E-state index is 12.2. The van der Waals surface area contributed by atoms with Gasteiger partial charge in [0, 0.05) is 6.04 Å². The quantitative estimate of drug-likeness (QED) is 0.102. The van der Waals surface area contributed by atoms with E-state index in [9.17, 15) is 9.26 Å². The first-order chi connectivity index (χ1) is 14.6. The lowest BCUT2D eigenvalue weighted by molar-refractivity contribution is 0.112. The summed E-state index contributed by atoms with van der Waals surface area (Å²) < 4.78 is 17.8. The van der Waals surface area contributed by atoms with Crippen molar-refractivity contribution < 1.29 is 13.7 Å². The normalized spacial score (nSPS) is 11.2. The van der Waals surface area contributed by atoms with Gasteiger partial charge in [0.2, 0.25) is 0 Å². The van der Waals surface area contributed by atoms with Crippen LogP contribution in [0.2, 0.25) is 6.04 Å². The Morgan fingerprint density at radius 1 is 0.833 bits per heavy atom. The molecule has 0 atom stereocenters. The zero-order valence-corrected chi connectivity index (χ0v) is 20.5. The van der Waals surface area contributed by atoms with Gasteiger partial charge in [0.1, 0.15) is 5.75 Å². The number of allylic oxidation sites excluding steroid dienone is 2. The van der Waals surface area contributed by atoms with Gasteiger partial charge < -0.3 is 8.89 Å². The van der Waals surface area contributed by atoms with Crippen LogP contribution in [0, 0.1) is 13.8 Å². The van der Waals surface area contributed by atoms with Gasteiger partial charge in [0.25, 0.3) is 0 Å². The molecule has 30 heavy (non-hydrogen) atoms. The molecule has 4 heteroatoms. The lowest BCUT2D eigenvalue weighted by Crippen LogP contribution is -2.12. The first kappa shape index (κ1) is 26.5. The van der Waals surface area contributed by atoms with Crippen LogP contribution in [0.5, 0.6) is 5.75 Å². The molecule has 0 aliphatic rings. The highest BCUT2D eigenvalue weighted by atomic mass is 28.3. The minimum Gasteiger partial charge on any atom is -0.487 e. The van der Waals surface area contributed by atoms with Crippen molar-refractivity contribution in [2.45, 2.75) is 110 Å². The van der Waals surface area contributed by atoms with Gasteiger partial charge in [-0.25, -0.2) is 0 Å². The average molecular weight is 431 g/mol. The van der Waals surface area contributed by atoms with Crippen LogP contribution in [-0.4, -0.2) is 15.2 Å². The third kappa shape index (κ3) is 11.6. The number of hydrogen-bond acceptors (Lipinski definition) is 3. The number of benzene rings is 1. The van der Waals surface area contributed by atoms with E-state index in [1.54, 1.807) is 6.07 Å². The lowest BCUT2D eigenvalue weighted by Gasteiger charge is -2.10. The van der Waals surface area contributed by atoms with Gasteiger partial charge in [0.15, 0.2) is 6.29 Å². The SMILES string of the molecule is CCCCCCCC/C=C\CCCCCCC[Si](=O)Oc1ccc(C)c(C)c1C=O. The summed E-state index contributed by atoms with van der Waals surface area (Å²) in [5.41, 5.74) is 2.47. The fourth-order valence-corrected chi connectivity index (χ4v) is 4.63. The van der Waals surface area contributed by atoms with E-state index in [0.29, 0.717) is 17.4 Å². The van der Waals surface area contributed by atoms with Gasteiger partial charge in [-0.05, 0) is 63.1 Å². The van der Waals surface area contributed by atoms with E-state index >= 15 is 0 Å². The third-order valence-corrected chi connectivity index (χ3v) is 6.94. The molecule has 0 aliphatic carbocycles. The summed E-state index contributed by atoms with van der Waals surface area (Å²) in [6.07, 6.45) is 21.8. The summed E-state index contributed by atoms with van der Waals surface area (Å²) in [7, 11) is -2.14. The largest absolute Gasteiger partial charge is 0.507 e. The Bertz CT molecular complexity index is 652. The Morgan fingerprint density at radius 3 is 2.00 bits per heavy atom. The Morgan fingerprint density at radius 2 is 1.40 bits per heavy atom. The number of carbonyl (C=O) groups is 1. The molecule has 0 bridgehead atoms. The van der Waals surface area contributed by atoms with Crippen molar-refractivity contribution >= 4 is 15.2 Å². The van der Waals surface area contributed by atoms with Crippen molar-refractivity contribution in [2.75, 3.05) is 0 Å². The Hall–Kier alpha value is -1.55. The topological polar surface area (TPSA) is 43.4 Å². The summed E-state index contributed by atoms with van der Waals surface area (Å²) in [6.45, 7) is 6.12. The highest BCUT2D eigenvalue weighted by molar-refractivity contribution is 6.36. The second kappa shape index (κ2) is 17.2. The van der Waals surface area contributed by atoms with Crippen molar-refractivity contribution in [2.24, 2.45) is 0 Å². The van der Waals surface area contributed by atoms with Gasteiger partial charge in [-0.2, -0.15) is 0 Å². The second-order valence-electron chi connectivity index (χ2n) is 8.35. The van der Waals surface area contributed by atoms with Crippen LogP contribution >= 0.6 is 0 Å². The zero-order chi connectivity index (χ0) is 22.0. The molecule has 0 unspecified atom stereocenters. The fourth-order valence-electron chi connectivity index (χ4n) is 3.56. The lowest BCUT2D eigenvalue weighted by atomic mass is 10.0. The minimum absolute atomic E-state index is 0.463. The van der Waals surface area contributed by atoms with E-state index in [0.717, 1.165) is 30.3 Å². The third-order valence-electron chi connectivity index (χ3n) is 5.73. The van der Waals surface area contributed by atoms with Gasteiger partial charge in [-0.1, -0.05) is 76.5 Å². The molecular weight excluding hydrogens is 388 g/mol. The summed E-state index contributed by atoms with van der Waals surface area (Å²) in [5, 5.41) is 0. The predicted molar refractivity (Wildman–Crippen MR) is 128 cm³/mol. The molecule has 0 amide bonds. The molecule has 0 heterocycles. The maximum Gasteiger partial charge on any atom is 0.507 e. The minimum atomic E-state index is -2.14. The van der Waals surface area contributed by atoms with E-state index in [4.69, 9.17) is 4.43 Å². The van der Waals surface area contributed by atoms with Crippen molar-refractivity contribution in [3.8, 4) is 5.75 Å². The molecule has 0 saturated heterocycles. The van der Waals surface area contributed by atoms with Crippen LogP contribution in [0.4, 0.5) is 0 Å². The van der Waals surface area contributed by atoms with E-state index in [2.05, 4.69) is 19.1 Å². The van der Waals surface area contributed by atoms with Crippen LogP contribution < -0.4 is 4.43 Å². The highest BCUT2D eigenvalue weighted by Gasteiger charge is 2.14. The molecule has 168 valence electrons. The Kier molecular flexibility index (Phi) is 15.1. The molecule has 3 nitrogen and oxygen atoms in total. The smallest absolute Gasteiger partial charge is 0.487 e. The molecule has 0 fully saturated rings. The van der Waals surface area contributed by atoms with E-state index < -0.39 is 8.93 Å². The van der Waals surface area contributed by atoms with Gasteiger partial charge >= 0.3 is 8.93 Å². The molecular formula is C26H42O3Si. The second-order valence-corrected chi connectivity index (χ2v) is 9.79. The average Bonchev–Trinajstić information content (AvgIpc) is 2.74. The number of rotatable bonds is 18. The highest BCUT2D eigenvalue weighted by Crippen LogP contribution is 2.23. The predicted octanol–water partition coefficient (Wildman–Crippen LogP) is 8.06. The fraction of sp³-hybridized carbons (Fsp3) is 0.654. The van der Waals surface area contributed by atoms with Crippen molar-refractivity contribution in [1.82, 2.24) is 0 Å². The van der Waals surface area contributed by atoms with Crippen molar-refractivity contribution in [3.05, 3.63) is 41.0 Å². The first-order valence-electron chi connectivity index (χ1n) is 12.0. The molecule has 1 aromatic carbocycles. The standard InChI is InChI=1S/C26H42O3Si/c1-4-5-6-7-8-9-10-11-12-13-14-15-16-17-18-21-30(28)29-26-20-19-23(2)24(3)25(26)22-27/h11-12,19-20,22H,4-10,13-18,21H2,1-3H3/b12-11-. The first-order valence-corrected chi connectivity index (χ1v) is 13.5. The van der Waals surface area contributed by atoms with Gasteiger partial charge in [0.05, 0.1) is 5.56 Å². The number of carbonyl (C=O) groups excluding carboxylic acids is 1. The van der Waals surface area contributed by atoms with Crippen molar-refractivity contribution in [3.63, 3.8) is 0 Å². The monoisotopic (exact) mass is 430 g/mol. The molecule has 1 rings (SSSR count). The zero-order valence-electron chi connectivity index (χ0n) is 19.5. The van der Waals surface area contributed by atoms with Gasteiger partial charge in [-0.3, -0.25) is 4.79 Å². The maximum atomic E-state index is 12.2. The molecule has 0 saturated carbocycles. The van der Waals surface area contributed by atoms with E-state index in [1.807, 2.05) is 19.9 Å². The number of aryl methyl sites for hydroxylation is 1. The van der Waals surface area contributed by atoms with Crippen LogP contribution in [-0.2, 0) is 4.46 Å². The summed E-state index contributed by atoms with van der Waals surface area (Å²) in [4.78, 5) is 11.3. The van der Waals surface area contributed by atoms with E-state index in [1.165, 1.54) is 70.6 Å². The summed E-state index contributed by atoms with van der Waals surface area (Å²) >= 11 is 0. The molecule has 1 aromatic rings. The van der Waals surface area contributed by atoms with E-state index in [-0.39, 0.29) is 0 Å². The van der Waals surface area contributed by atoms with Gasteiger partial charge in [-0.15, -0.1) is 0 Å². The number of aldehydes is 1. The Labute approximate surface area is 186 Å². The number of unbranched alkanes of at least 4 members (excludes halogenated alkanes) is 11. The molecule has 0 N–H and O–H groups in total.